The maximum Gasteiger partial charge on any atom is 0.573 e. The highest BCUT2D eigenvalue weighted by Crippen LogP contribution is 2.25. The number of aromatic nitrogens is 2. The van der Waals surface area contributed by atoms with Crippen LogP contribution in [-0.4, -0.2) is 23.6 Å². The summed E-state index contributed by atoms with van der Waals surface area (Å²) in [5.41, 5.74) is 0.499. The highest BCUT2D eigenvalue weighted by molar-refractivity contribution is 5.53. The predicted molar refractivity (Wildman–Crippen MR) is 63.5 cm³/mol. The molecule has 0 aliphatic carbocycles. The summed E-state index contributed by atoms with van der Waals surface area (Å²) in [6.07, 6.45) is -4.70. The zero-order valence-corrected chi connectivity index (χ0v) is 10.4. The molecule has 9 heteroatoms. The van der Waals surface area contributed by atoms with E-state index < -0.39 is 6.36 Å². The molecule has 0 saturated carbocycles. The number of anilines is 2. The molecule has 0 spiro atoms. The van der Waals surface area contributed by atoms with Crippen molar-refractivity contribution in [3.63, 3.8) is 0 Å². The number of halogens is 3. The minimum atomic E-state index is -4.70. The van der Waals surface area contributed by atoms with Crippen LogP contribution < -0.4 is 15.4 Å². The summed E-state index contributed by atoms with van der Waals surface area (Å²) in [6, 6.07) is 5.33. The van der Waals surface area contributed by atoms with Crippen molar-refractivity contribution in [1.82, 2.24) is 15.5 Å². The minimum Gasteiger partial charge on any atom is -0.406 e. The topological polar surface area (TPSA) is 72.2 Å². The lowest BCUT2D eigenvalue weighted by atomic mass is 10.3. The molecule has 2 rings (SSSR count). The number of alkyl halides is 3. The first-order valence-electron chi connectivity index (χ1n) is 5.56. The molecule has 6 nitrogen and oxygen atoms in total. The van der Waals surface area contributed by atoms with Crippen molar-refractivity contribution in [1.29, 1.82) is 0 Å². The van der Waals surface area contributed by atoms with Crippen LogP contribution in [0.2, 0.25) is 0 Å². The van der Waals surface area contributed by atoms with E-state index in [1.807, 2.05) is 0 Å². The largest absolute Gasteiger partial charge is 0.573 e. The Kier molecular flexibility index (Phi) is 4.08. The number of ether oxygens (including phenoxy) is 1. The molecular formula is C11H11F3N4O2. The second kappa shape index (κ2) is 5.78. The molecule has 0 unspecified atom stereocenters. The van der Waals surface area contributed by atoms with Gasteiger partial charge in [0.25, 0.3) is 0 Å². The fourth-order valence-corrected chi connectivity index (χ4v) is 1.39. The van der Waals surface area contributed by atoms with Crippen molar-refractivity contribution in [3.05, 3.63) is 30.2 Å². The average molecular weight is 288 g/mol. The van der Waals surface area contributed by atoms with Gasteiger partial charge in [0.15, 0.2) is 0 Å². The van der Waals surface area contributed by atoms with Gasteiger partial charge in [0.1, 0.15) is 5.75 Å². The average Bonchev–Trinajstić information content (AvgIpc) is 2.78. The van der Waals surface area contributed by atoms with Crippen molar-refractivity contribution in [2.75, 3.05) is 12.4 Å². The molecule has 0 aliphatic rings. The summed E-state index contributed by atoms with van der Waals surface area (Å²) >= 11 is 0. The van der Waals surface area contributed by atoms with E-state index in [9.17, 15) is 13.2 Å². The Morgan fingerprint density at radius 2 is 1.90 bits per heavy atom. The third kappa shape index (κ3) is 4.12. The van der Waals surface area contributed by atoms with Crippen LogP contribution in [0.5, 0.6) is 5.75 Å². The van der Waals surface area contributed by atoms with Crippen LogP contribution in [0.15, 0.2) is 28.7 Å². The number of benzene rings is 1. The first kappa shape index (κ1) is 14.1. The van der Waals surface area contributed by atoms with Gasteiger partial charge in [-0.05, 0) is 31.3 Å². The van der Waals surface area contributed by atoms with Crippen LogP contribution in [-0.2, 0) is 6.54 Å². The Morgan fingerprint density at radius 3 is 2.50 bits per heavy atom. The molecular weight excluding hydrogens is 277 g/mol. The van der Waals surface area contributed by atoms with Gasteiger partial charge in [-0.25, -0.2) is 0 Å². The first-order valence-corrected chi connectivity index (χ1v) is 5.56. The summed E-state index contributed by atoms with van der Waals surface area (Å²) in [5, 5.41) is 13.1. The third-order valence-corrected chi connectivity index (χ3v) is 2.13. The van der Waals surface area contributed by atoms with E-state index in [4.69, 9.17) is 4.42 Å². The van der Waals surface area contributed by atoms with Crippen molar-refractivity contribution in [2.45, 2.75) is 12.9 Å². The second-order valence-electron chi connectivity index (χ2n) is 3.73. The van der Waals surface area contributed by atoms with Gasteiger partial charge < -0.3 is 19.8 Å². The molecule has 1 aromatic carbocycles. The normalized spacial score (nSPS) is 11.4. The quantitative estimate of drug-likeness (QED) is 0.880. The maximum atomic E-state index is 12.0. The lowest BCUT2D eigenvalue weighted by Gasteiger charge is -2.09. The number of hydrogen-bond acceptors (Lipinski definition) is 6. The summed E-state index contributed by atoms with van der Waals surface area (Å²) in [5.74, 6) is 0.0940. The van der Waals surface area contributed by atoms with E-state index in [0.717, 1.165) is 0 Å². The number of hydrogen-bond donors (Lipinski definition) is 2. The Bertz CT molecular complexity index is 554. The molecule has 1 heterocycles. The SMILES string of the molecule is CNCc1nnc(Nc2ccc(OC(F)(F)F)cc2)o1. The molecule has 0 radical (unpaired) electrons. The zero-order chi connectivity index (χ0) is 14.6. The van der Waals surface area contributed by atoms with Gasteiger partial charge in [-0.15, -0.1) is 18.3 Å². The van der Waals surface area contributed by atoms with Gasteiger partial charge >= 0.3 is 12.4 Å². The molecule has 0 bridgehead atoms. The van der Waals surface area contributed by atoms with Crippen molar-refractivity contribution in [3.8, 4) is 5.75 Å². The number of rotatable bonds is 5. The van der Waals surface area contributed by atoms with Crippen LogP contribution in [0.3, 0.4) is 0 Å². The second-order valence-corrected chi connectivity index (χ2v) is 3.73. The van der Waals surface area contributed by atoms with E-state index in [-0.39, 0.29) is 11.8 Å². The number of nitrogens with zero attached hydrogens (tertiary/aromatic N) is 2. The Hall–Kier alpha value is -2.29. The van der Waals surface area contributed by atoms with E-state index >= 15 is 0 Å². The van der Waals surface area contributed by atoms with Crippen LogP contribution in [0.4, 0.5) is 24.9 Å². The summed E-state index contributed by atoms with van der Waals surface area (Å²) in [6.45, 7) is 0.424. The molecule has 0 atom stereocenters. The Labute approximate surface area is 111 Å². The van der Waals surface area contributed by atoms with Crippen LogP contribution >= 0.6 is 0 Å². The molecule has 0 aliphatic heterocycles. The fourth-order valence-electron chi connectivity index (χ4n) is 1.39. The third-order valence-electron chi connectivity index (χ3n) is 2.13. The van der Waals surface area contributed by atoms with Crippen LogP contribution in [0.25, 0.3) is 0 Å². The van der Waals surface area contributed by atoms with Crippen molar-refractivity contribution in [2.24, 2.45) is 0 Å². The highest BCUT2D eigenvalue weighted by Gasteiger charge is 2.30. The standard InChI is InChI=1S/C11H11F3N4O2/c1-15-6-9-17-18-10(19-9)16-7-2-4-8(5-3-7)20-11(12,13)14/h2-5,15H,6H2,1H3,(H,16,18). The van der Waals surface area contributed by atoms with E-state index in [1.54, 1.807) is 7.05 Å². The molecule has 0 amide bonds. The monoisotopic (exact) mass is 288 g/mol. The van der Waals surface area contributed by atoms with Gasteiger partial charge in [-0.3, -0.25) is 0 Å². The van der Waals surface area contributed by atoms with Gasteiger partial charge in [-0.1, -0.05) is 5.10 Å². The molecule has 20 heavy (non-hydrogen) atoms. The molecule has 1 aromatic heterocycles. The molecule has 0 saturated heterocycles. The minimum absolute atomic E-state index is 0.153. The van der Waals surface area contributed by atoms with Gasteiger partial charge in [0.05, 0.1) is 6.54 Å². The summed E-state index contributed by atoms with van der Waals surface area (Å²) in [7, 11) is 1.73. The van der Waals surface area contributed by atoms with Gasteiger partial charge in [0.2, 0.25) is 5.89 Å². The summed E-state index contributed by atoms with van der Waals surface area (Å²) in [4.78, 5) is 0. The van der Waals surface area contributed by atoms with Gasteiger partial charge in [-0.2, -0.15) is 0 Å². The lowest BCUT2D eigenvalue weighted by Crippen LogP contribution is -2.16. The predicted octanol–water partition coefficient (Wildman–Crippen LogP) is 2.43. The lowest BCUT2D eigenvalue weighted by molar-refractivity contribution is -0.274. The van der Waals surface area contributed by atoms with E-state index in [0.29, 0.717) is 18.1 Å². The van der Waals surface area contributed by atoms with Crippen LogP contribution in [0, 0.1) is 0 Å². The van der Waals surface area contributed by atoms with Gasteiger partial charge in [0, 0.05) is 5.69 Å². The smallest absolute Gasteiger partial charge is 0.406 e. The Balaban J connectivity index is 1.99. The van der Waals surface area contributed by atoms with Crippen LogP contribution in [0.1, 0.15) is 5.89 Å². The van der Waals surface area contributed by atoms with Crippen molar-refractivity contribution >= 4 is 11.7 Å². The molecule has 0 fully saturated rings. The van der Waals surface area contributed by atoms with E-state index in [1.165, 1.54) is 24.3 Å². The molecule has 2 aromatic rings. The van der Waals surface area contributed by atoms with Crippen molar-refractivity contribution < 1.29 is 22.3 Å². The maximum absolute atomic E-state index is 12.0. The molecule has 2 N–H and O–H groups in total. The number of nitrogens with one attached hydrogen (secondary N) is 2. The first-order chi connectivity index (χ1) is 9.46. The zero-order valence-electron chi connectivity index (χ0n) is 10.4. The highest BCUT2D eigenvalue weighted by atomic mass is 19.4. The fraction of sp³-hybridized carbons (Fsp3) is 0.273. The van der Waals surface area contributed by atoms with E-state index in [2.05, 4.69) is 25.6 Å². The Morgan fingerprint density at radius 1 is 1.20 bits per heavy atom. The summed E-state index contributed by atoms with van der Waals surface area (Å²) < 4.78 is 44.9. The molecule has 108 valence electrons.